The number of methoxy groups -OCH3 is 1. The molecule has 1 aliphatic heterocycles. The van der Waals surface area contributed by atoms with E-state index in [0.29, 0.717) is 31.2 Å². The zero-order valence-corrected chi connectivity index (χ0v) is 15.0. The van der Waals surface area contributed by atoms with Crippen LogP contribution in [-0.4, -0.2) is 49.5 Å². The highest BCUT2D eigenvalue weighted by atomic mass is 16.5. The summed E-state index contributed by atoms with van der Waals surface area (Å²) in [7, 11) is 1.59. The molecule has 2 rings (SSSR count). The van der Waals surface area contributed by atoms with E-state index in [-0.39, 0.29) is 18.4 Å². The van der Waals surface area contributed by atoms with Crippen molar-refractivity contribution in [2.75, 3.05) is 32.1 Å². The Morgan fingerprint density at radius 3 is 2.65 bits per heavy atom. The number of hydrogen-bond donors (Lipinski definition) is 3. The van der Waals surface area contributed by atoms with E-state index in [9.17, 15) is 14.4 Å². The van der Waals surface area contributed by atoms with Gasteiger partial charge in [-0.1, -0.05) is 6.07 Å². The molecule has 1 saturated heterocycles. The number of piperidine rings is 1. The number of nitrogens with two attached hydrogens (primary N) is 1. The van der Waals surface area contributed by atoms with Crippen molar-refractivity contribution in [1.29, 1.82) is 0 Å². The number of carbonyl (C=O) groups is 3. The van der Waals surface area contributed by atoms with Gasteiger partial charge >= 0.3 is 6.03 Å². The number of rotatable bonds is 7. The number of amides is 4. The van der Waals surface area contributed by atoms with Crippen molar-refractivity contribution in [3.63, 3.8) is 0 Å². The minimum Gasteiger partial charge on any atom is -0.497 e. The van der Waals surface area contributed by atoms with Gasteiger partial charge in [-0.05, 0) is 37.3 Å². The first-order valence-corrected chi connectivity index (χ1v) is 8.73. The first-order valence-electron chi connectivity index (χ1n) is 8.73. The Balaban J connectivity index is 1.68. The Morgan fingerprint density at radius 2 is 2.00 bits per heavy atom. The minimum atomic E-state index is -0.699. The van der Waals surface area contributed by atoms with Crippen molar-refractivity contribution in [3.05, 3.63) is 24.3 Å². The van der Waals surface area contributed by atoms with Crippen LogP contribution in [0, 0.1) is 5.92 Å². The molecule has 4 N–H and O–H groups in total. The van der Waals surface area contributed by atoms with Crippen molar-refractivity contribution < 1.29 is 19.1 Å². The summed E-state index contributed by atoms with van der Waals surface area (Å²) >= 11 is 0. The van der Waals surface area contributed by atoms with E-state index >= 15 is 0 Å². The van der Waals surface area contributed by atoms with Crippen LogP contribution < -0.4 is 21.1 Å². The van der Waals surface area contributed by atoms with Gasteiger partial charge in [0.2, 0.25) is 11.8 Å². The van der Waals surface area contributed by atoms with Crippen molar-refractivity contribution in [3.8, 4) is 5.75 Å². The molecule has 0 radical (unpaired) electrons. The molecule has 0 spiro atoms. The van der Waals surface area contributed by atoms with Gasteiger partial charge in [0.1, 0.15) is 5.75 Å². The molecule has 1 aromatic carbocycles. The molecule has 1 heterocycles. The predicted octanol–water partition coefficient (Wildman–Crippen LogP) is 1.32. The van der Waals surface area contributed by atoms with Gasteiger partial charge in [-0.25, -0.2) is 4.79 Å². The molecule has 1 fully saturated rings. The first-order chi connectivity index (χ1) is 12.5. The highest BCUT2D eigenvalue weighted by molar-refractivity contribution is 5.90. The molecule has 8 nitrogen and oxygen atoms in total. The Hall–Kier alpha value is -2.77. The second kappa shape index (κ2) is 9.65. The van der Waals surface area contributed by atoms with Crippen LogP contribution in [0.3, 0.4) is 0 Å². The van der Waals surface area contributed by atoms with E-state index in [0.717, 1.165) is 24.9 Å². The van der Waals surface area contributed by atoms with Gasteiger partial charge in [0.15, 0.2) is 0 Å². The fraction of sp³-hybridized carbons (Fsp3) is 0.500. The second-order valence-electron chi connectivity index (χ2n) is 6.36. The van der Waals surface area contributed by atoms with Gasteiger partial charge in [0, 0.05) is 31.3 Å². The lowest BCUT2D eigenvalue weighted by Gasteiger charge is -2.32. The van der Waals surface area contributed by atoms with E-state index in [1.165, 1.54) is 0 Å². The van der Waals surface area contributed by atoms with Crippen molar-refractivity contribution >= 4 is 23.5 Å². The Labute approximate surface area is 153 Å². The van der Waals surface area contributed by atoms with Crippen LogP contribution in [-0.2, 0) is 9.59 Å². The van der Waals surface area contributed by atoms with Crippen molar-refractivity contribution in [2.24, 2.45) is 11.7 Å². The molecule has 0 aliphatic carbocycles. The van der Waals surface area contributed by atoms with E-state index in [4.69, 9.17) is 10.5 Å². The Kier molecular flexibility index (Phi) is 7.25. The maximum Gasteiger partial charge on any atom is 0.312 e. The van der Waals surface area contributed by atoms with E-state index in [2.05, 4.69) is 10.6 Å². The monoisotopic (exact) mass is 362 g/mol. The summed E-state index contributed by atoms with van der Waals surface area (Å²) in [6.45, 7) is 1.21. The molecule has 1 aliphatic rings. The molecule has 4 amide bonds. The van der Waals surface area contributed by atoms with Crippen LogP contribution >= 0.6 is 0 Å². The van der Waals surface area contributed by atoms with E-state index in [1.54, 1.807) is 18.1 Å². The SMILES string of the molecule is COc1cccc(NC(=O)CCC2CCN(C(=O)CNC(N)=O)CC2)c1. The predicted molar refractivity (Wildman–Crippen MR) is 97.7 cm³/mol. The Morgan fingerprint density at radius 1 is 1.27 bits per heavy atom. The number of ether oxygens (including phenoxy) is 1. The highest BCUT2D eigenvalue weighted by Crippen LogP contribution is 2.23. The standard InChI is InChI=1S/C18H26N4O4/c1-26-15-4-2-3-14(11-15)21-16(23)6-5-13-7-9-22(10-8-13)17(24)12-20-18(19)25/h2-4,11,13H,5-10,12H2,1H3,(H,21,23)(H3,19,20,25). The smallest absolute Gasteiger partial charge is 0.312 e. The van der Waals surface area contributed by atoms with Gasteiger partial charge < -0.3 is 26.0 Å². The molecule has 142 valence electrons. The van der Waals surface area contributed by atoms with Gasteiger partial charge in [0.05, 0.1) is 13.7 Å². The maximum atomic E-state index is 12.1. The molecule has 8 heteroatoms. The molecule has 1 aromatic rings. The molecular formula is C18H26N4O4. The average molecular weight is 362 g/mol. The molecule has 0 aromatic heterocycles. The largest absolute Gasteiger partial charge is 0.497 e. The van der Waals surface area contributed by atoms with Gasteiger partial charge in [-0.3, -0.25) is 9.59 Å². The molecule has 26 heavy (non-hydrogen) atoms. The third-order valence-electron chi connectivity index (χ3n) is 4.51. The summed E-state index contributed by atoms with van der Waals surface area (Å²) in [6.07, 6.45) is 2.94. The van der Waals surface area contributed by atoms with Gasteiger partial charge in [-0.15, -0.1) is 0 Å². The molecular weight excluding hydrogens is 336 g/mol. The number of urea groups is 1. The summed E-state index contributed by atoms with van der Waals surface area (Å²) < 4.78 is 5.14. The van der Waals surface area contributed by atoms with Crippen LogP contribution in [0.1, 0.15) is 25.7 Å². The fourth-order valence-corrected chi connectivity index (χ4v) is 3.01. The van der Waals surface area contributed by atoms with Crippen LogP contribution in [0.15, 0.2) is 24.3 Å². The number of nitrogens with one attached hydrogen (secondary N) is 2. The number of carbonyl (C=O) groups excluding carboxylic acids is 3. The lowest BCUT2D eigenvalue weighted by atomic mass is 9.92. The summed E-state index contributed by atoms with van der Waals surface area (Å²) in [5.41, 5.74) is 5.69. The topological polar surface area (TPSA) is 114 Å². The lowest BCUT2D eigenvalue weighted by Crippen LogP contribution is -2.45. The third-order valence-corrected chi connectivity index (χ3v) is 4.51. The van der Waals surface area contributed by atoms with Crippen LogP contribution in [0.5, 0.6) is 5.75 Å². The normalized spacial score (nSPS) is 14.6. The Bertz CT molecular complexity index is 642. The summed E-state index contributed by atoms with van der Waals surface area (Å²) in [6, 6.07) is 6.56. The zero-order valence-electron chi connectivity index (χ0n) is 15.0. The third kappa shape index (κ3) is 6.27. The van der Waals surface area contributed by atoms with Crippen LogP contribution in [0.4, 0.5) is 10.5 Å². The van der Waals surface area contributed by atoms with Crippen LogP contribution in [0.2, 0.25) is 0 Å². The minimum absolute atomic E-state index is 0.0255. The average Bonchev–Trinajstić information content (AvgIpc) is 2.65. The summed E-state index contributed by atoms with van der Waals surface area (Å²) in [5, 5.41) is 5.19. The summed E-state index contributed by atoms with van der Waals surface area (Å²) in [5.74, 6) is 0.963. The maximum absolute atomic E-state index is 12.1. The molecule has 0 saturated carbocycles. The zero-order chi connectivity index (χ0) is 18.9. The van der Waals surface area contributed by atoms with E-state index < -0.39 is 6.03 Å². The molecule has 0 atom stereocenters. The first kappa shape index (κ1) is 19.6. The van der Waals surface area contributed by atoms with Crippen LogP contribution in [0.25, 0.3) is 0 Å². The molecule has 0 bridgehead atoms. The van der Waals surface area contributed by atoms with Crippen molar-refractivity contribution in [1.82, 2.24) is 10.2 Å². The number of primary amides is 1. The summed E-state index contributed by atoms with van der Waals surface area (Å²) in [4.78, 5) is 36.4. The lowest BCUT2D eigenvalue weighted by molar-refractivity contribution is -0.131. The highest BCUT2D eigenvalue weighted by Gasteiger charge is 2.23. The van der Waals surface area contributed by atoms with E-state index in [1.807, 2.05) is 18.2 Å². The quantitative estimate of drug-likeness (QED) is 0.679. The number of nitrogens with zero attached hydrogens (tertiary/aromatic N) is 1. The number of likely N-dealkylation sites (tertiary alicyclic amines) is 1. The number of benzene rings is 1. The number of anilines is 1. The number of hydrogen-bond acceptors (Lipinski definition) is 4. The molecule has 0 unspecified atom stereocenters. The fourth-order valence-electron chi connectivity index (χ4n) is 3.01. The van der Waals surface area contributed by atoms with Gasteiger partial charge in [-0.2, -0.15) is 0 Å². The second-order valence-corrected chi connectivity index (χ2v) is 6.36. The van der Waals surface area contributed by atoms with Crippen molar-refractivity contribution in [2.45, 2.75) is 25.7 Å². The van der Waals surface area contributed by atoms with Gasteiger partial charge in [0.25, 0.3) is 0 Å².